The van der Waals surface area contributed by atoms with Gasteiger partial charge in [-0.3, -0.25) is 4.79 Å². The van der Waals surface area contributed by atoms with Gasteiger partial charge in [-0.15, -0.1) is 0 Å². The van der Waals surface area contributed by atoms with E-state index in [1.807, 2.05) is 30.6 Å². The summed E-state index contributed by atoms with van der Waals surface area (Å²) in [6, 6.07) is 6.56. The standard InChI is InChI=1S/C16H12ClFN2OS2/c1-8-5-10(6-14-15(21)19-16(22)23-14)9(2)20(8)11-3-4-13(18)12(17)7-11/h3-7H,1-2H3,(H,19,21,22)/b14-6-. The van der Waals surface area contributed by atoms with Crippen LogP contribution in [0.3, 0.4) is 0 Å². The zero-order valence-electron chi connectivity index (χ0n) is 12.3. The van der Waals surface area contributed by atoms with Gasteiger partial charge in [0.05, 0.1) is 9.93 Å². The van der Waals surface area contributed by atoms with E-state index in [0.717, 1.165) is 22.6 Å². The van der Waals surface area contributed by atoms with E-state index < -0.39 is 5.82 Å². The fourth-order valence-corrected chi connectivity index (χ4v) is 3.73. The molecule has 2 aromatic rings. The van der Waals surface area contributed by atoms with E-state index >= 15 is 0 Å². The Bertz CT molecular complexity index is 873. The summed E-state index contributed by atoms with van der Waals surface area (Å²) in [5.41, 5.74) is 3.58. The highest BCUT2D eigenvalue weighted by atomic mass is 35.5. The average molecular weight is 367 g/mol. The molecule has 2 heterocycles. The highest BCUT2D eigenvalue weighted by Gasteiger charge is 2.23. The van der Waals surface area contributed by atoms with Crippen molar-refractivity contribution in [2.24, 2.45) is 0 Å². The number of aryl methyl sites for hydroxylation is 1. The number of nitrogens with zero attached hydrogens (tertiary/aromatic N) is 1. The van der Waals surface area contributed by atoms with Crippen LogP contribution in [0.25, 0.3) is 11.8 Å². The van der Waals surface area contributed by atoms with Crippen molar-refractivity contribution in [3.63, 3.8) is 0 Å². The van der Waals surface area contributed by atoms with Gasteiger partial charge in [-0.1, -0.05) is 35.6 Å². The predicted octanol–water partition coefficient (Wildman–Crippen LogP) is 4.38. The van der Waals surface area contributed by atoms with Crippen LogP contribution in [-0.4, -0.2) is 14.8 Å². The first-order valence-corrected chi connectivity index (χ1v) is 8.36. The molecule has 0 radical (unpaired) electrons. The molecule has 0 unspecified atom stereocenters. The minimum Gasteiger partial charge on any atom is -0.318 e. The maximum atomic E-state index is 13.4. The number of hydrogen-bond acceptors (Lipinski definition) is 3. The number of nitrogens with one attached hydrogen (secondary N) is 1. The molecule has 23 heavy (non-hydrogen) atoms. The Hall–Kier alpha value is -1.63. The van der Waals surface area contributed by atoms with Crippen LogP contribution in [0, 0.1) is 19.7 Å². The Morgan fingerprint density at radius 3 is 2.70 bits per heavy atom. The molecule has 3 nitrogen and oxygen atoms in total. The van der Waals surface area contributed by atoms with Gasteiger partial charge in [0.1, 0.15) is 10.1 Å². The van der Waals surface area contributed by atoms with Crippen LogP contribution in [0.5, 0.6) is 0 Å². The minimum atomic E-state index is -0.451. The Morgan fingerprint density at radius 2 is 2.09 bits per heavy atom. The van der Waals surface area contributed by atoms with Crippen LogP contribution < -0.4 is 5.32 Å². The molecule has 1 N–H and O–H groups in total. The van der Waals surface area contributed by atoms with E-state index in [4.69, 9.17) is 23.8 Å². The van der Waals surface area contributed by atoms with Crippen molar-refractivity contribution in [3.05, 3.63) is 57.0 Å². The van der Waals surface area contributed by atoms with Crippen molar-refractivity contribution in [1.29, 1.82) is 0 Å². The molecule has 0 atom stereocenters. The van der Waals surface area contributed by atoms with E-state index in [0.29, 0.717) is 9.23 Å². The molecule has 0 spiro atoms. The largest absolute Gasteiger partial charge is 0.318 e. The van der Waals surface area contributed by atoms with Gasteiger partial charge in [0.2, 0.25) is 0 Å². The molecule has 1 aromatic carbocycles. The predicted molar refractivity (Wildman–Crippen MR) is 96.5 cm³/mol. The maximum Gasteiger partial charge on any atom is 0.263 e. The number of rotatable bonds is 2. The Morgan fingerprint density at radius 1 is 1.35 bits per heavy atom. The van der Waals surface area contributed by atoms with Gasteiger partial charge in [-0.05, 0) is 49.8 Å². The number of halogens is 2. The first kappa shape index (κ1) is 16.2. The van der Waals surface area contributed by atoms with Crippen LogP contribution in [0.4, 0.5) is 4.39 Å². The number of hydrogen-bond donors (Lipinski definition) is 1. The molecule has 0 saturated carbocycles. The molecule has 1 fully saturated rings. The van der Waals surface area contributed by atoms with Gasteiger partial charge < -0.3 is 9.88 Å². The molecule has 1 aromatic heterocycles. The quantitative estimate of drug-likeness (QED) is 0.632. The molecule has 3 rings (SSSR count). The topological polar surface area (TPSA) is 34.0 Å². The second-order valence-electron chi connectivity index (χ2n) is 5.11. The molecule has 1 aliphatic heterocycles. The van der Waals surface area contributed by atoms with E-state index in [1.54, 1.807) is 12.1 Å². The van der Waals surface area contributed by atoms with Crippen molar-refractivity contribution in [2.45, 2.75) is 13.8 Å². The average Bonchev–Trinajstić information content (AvgIpc) is 2.93. The summed E-state index contributed by atoms with van der Waals surface area (Å²) in [6.07, 6.45) is 1.81. The number of aromatic nitrogens is 1. The number of benzene rings is 1. The first-order valence-electron chi connectivity index (χ1n) is 6.76. The lowest BCUT2D eigenvalue weighted by molar-refractivity contribution is -0.115. The maximum absolute atomic E-state index is 13.4. The van der Waals surface area contributed by atoms with Gasteiger partial charge in [0, 0.05) is 17.1 Å². The second kappa shape index (κ2) is 6.11. The van der Waals surface area contributed by atoms with Crippen LogP contribution in [0.2, 0.25) is 5.02 Å². The Kier molecular flexibility index (Phi) is 4.31. The van der Waals surface area contributed by atoms with Crippen molar-refractivity contribution in [2.75, 3.05) is 0 Å². The van der Waals surface area contributed by atoms with E-state index in [2.05, 4.69) is 5.32 Å². The fourth-order valence-electron chi connectivity index (χ4n) is 2.52. The summed E-state index contributed by atoms with van der Waals surface area (Å²) >= 11 is 12.1. The van der Waals surface area contributed by atoms with Gasteiger partial charge in [-0.25, -0.2) is 4.39 Å². The van der Waals surface area contributed by atoms with Gasteiger partial charge in [0.15, 0.2) is 0 Å². The lowest BCUT2D eigenvalue weighted by atomic mass is 10.2. The van der Waals surface area contributed by atoms with Crippen LogP contribution in [-0.2, 0) is 4.79 Å². The SMILES string of the molecule is Cc1cc(/C=C2\SC(=S)NC2=O)c(C)n1-c1ccc(F)c(Cl)c1. The first-order chi connectivity index (χ1) is 10.9. The van der Waals surface area contributed by atoms with Gasteiger partial charge in [-0.2, -0.15) is 0 Å². The molecule has 0 bridgehead atoms. The number of carbonyl (C=O) groups is 1. The van der Waals surface area contributed by atoms with Crippen LogP contribution in [0.1, 0.15) is 17.0 Å². The third kappa shape index (κ3) is 3.06. The molecular weight excluding hydrogens is 355 g/mol. The molecule has 1 saturated heterocycles. The normalized spacial score (nSPS) is 16.3. The lowest BCUT2D eigenvalue weighted by Gasteiger charge is -2.10. The summed E-state index contributed by atoms with van der Waals surface area (Å²) in [7, 11) is 0. The lowest BCUT2D eigenvalue weighted by Crippen LogP contribution is -2.17. The molecular formula is C16H12ClFN2OS2. The van der Waals surface area contributed by atoms with Gasteiger partial charge in [0.25, 0.3) is 5.91 Å². The zero-order chi connectivity index (χ0) is 16.7. The summed E-state index contributed by atoms with van der Waals surface area (Å²) in [5.74, 6) is -0.637. The highest BCUT2D eigenvalue weighted by Crippen LogP contribution is 2.30. The molecule has 1 aliphatic rings. The zero-order valence-corrected chi connectivity index (χ0v) is 14.7. The Labute approximate surface area is 147 Å². The van der Waals surface area contributed by atoms with E-state index in [1.165, 1.54) is 17.8 Å². The summed E-state index contributed by atoms with van der Waals surface area (Å²) in [6.45, 7) is 3.88. The van der Waals surface area contributed by atoms with Gasteiger partial charge >= 0.3 is 0 Å². The van der Waals surface area contributed by atoms with Crippen LogP contribution in [0.15, 0.2) is 29.2 Å². The summed E-state index contributed by atoms with van der Waals surface area (Å²) in [4.78, 5) is 12.4. The minimum absolute atomic E-state index is 0.0750. The second-order valence-corrected chi connectivity index (χ2v) is 7.24. The molecule has 0 aliphatic carbocycles. The smallest absolute Gasteiger partial charge is 0.263 e. The summed E-state index contributed by atoms with van der Waals surface area (Å²) in [5, 5.41) is 2.67. The number of thioether (sulfide) groups is 1. The fraction of sp³-hybridized carbons (Fsp3) is 0.125. The number of carbonyl (C=O) groups excluding carboxylic acids is 1. The van der Waals surface area contributed by atoms with Crippen molar-refractivity contribution >= 4 is 51.9 Å². The van der Waals surface area contributed by atoms with E-state index in [-0.39, 0.29) is 10.9 Å². The Balaban J connectivity index is 2.06. The van der Waals surface area contributed by atoms with Crippen molar-refractivity contribution in [1.82, 2.24) is 9.88 Å². The van der Waals surface area contributed by atoms with Crippen molar-refractivity contribution < 1.29 is 9.18 Å². The highest BCUT2D eigenvalue weighted by molar-refractivity contribution is 8.26. The monoisotopic (exact) mass is 366 g/mol. The molecule has 7 heteroatoms. The van der Waals surface area contributed by atoms with Crippen molar-refractivity contribution in [3.8, 4) is 5.69 Å². The third-order valence-corrected chi connectivity index (χ3v) is 5.01. The summed E-state index contributed by atoms with van der Waals surface area (Å²) < 4.78 is 15.8. The van der Waals surface area contributed by atoms with Crippen LogP contribution >= 0.6 is 35.6 Å². The number of thiocarbonyl (C=S) groups is 1. The van der Waals surface area contributed by atoms with E-state index in [9.17, 15) is 9.18 Å². The third-order valence-electron chi connectivity index (χ3n) is 3.56. The molecule has 118 valence electrons. The number of amides is 1. The molecule has 1 amide bonds.